The summed E-state index contributed by atoms with van der Waals surface area (Å²) in [4.78, 5) is 15.1. The topological polar surface area (TPSA) is 62.5 Å². The maximum atomic E-state index is 9.43. The van der Waals surface area contributed by atoms with Crippen LogP contribution in [0.5, 0.6) is 0 Å². The molecule has 0 saturated heterocycles. The minimum atomic E-state index is -0.482. The van der Waals surface area contributed by atoms with Gasteiger partial charge < -0.3 is 0 Å². The van der Waals surface area contributed by atoms with E-state index in [0.29, 0.717) is 23.0 Å². The van der Waals surface area contributed by atoms with Crippen molar-refractivity contribution in [3.05, 3.63) is 234 Å². The molecule has 4 nitrogen and oxygen atoms in total. The number of nitriles is 1. The third kappa shape index (κ3) is 5.90. The third-order valence-corrected chi connectivity index (χ3v) is 11.0. The number of benzene rings is 8. The Balaban J connectivity index is 1.09. The predicted octanol–water partition coefficient (Wildman–Crippen LogP) is 12.4. The van der Waals surface area contributed by atoms with Crippen LogP contribution in [0.1, 0.15) is 27.8 Å². The van der Waals surface area contributed by atoms with Crippen LogP contribution >= 0.6 is 0 Å². The Labute approximate surface area is 332 Å². The van der Waals surface area contributed by atoms with Gasteiger partial charge in [0.05, 0.1) is 17.0 Å². The summed E-state index contributed by atoms with van der Waals surface area (Å²) in [6.45, 7) is 0. The average Bonchev–Trinajstić information content (AvgIpc) is 3.60. The van der Waals surface area contributed by atoms with Crippen LogP contribution in [0.25, 0.3) is 67.5 Å². The first-order chi connectivity index (χ1) is 28.2. The first-order valence-corrected chi connectivity index (χ1v) is 19.1. The normalized spacial score (nSPS) is 12.3. The molecule has 0 radical (unpaired) electrons. The van der Waals surface area contributed by atoms with Gasteiger partial charge in [0.1, 0.15) is 0 Å². The lowest BCUT2D eigenvalue weighted by Crippen LogP contribution is -2.28. The number of fused-ring (bicyclic) bond motifs is 3. The zero-order valence-corrected chi connectivity index (χ0v) is 30.9. The Morgan fingerprint density at radius 3 is 1.46 bits per heavy atom. The highest BCUT2D eigenvalue weighted by molar-refractivity contribution is 5.88. The summed E-state index contributed by atoms with van der Waals surface area (Å²) in [5.74, 6) is 1.80. The molecule has 10 rings (SSSR count). The molecule has 0 saturated carbocycles. The largest absolute Gasteiger partial charge is 0.208 e. The molecule has 1 aliphatic carbocycles. The summed E-state index contributed by atoms with van der Waals surface area (Å²) >= 11 is 0. The Hall–Kier alpha value is -7.74. The van der Waals surface area contributed by atoms with E-state index in [1.165, 1.54) is 33.4 Å². The van der Waals surface area contributed by atoms with Crippen molar-refractivity contribution >= 4 is 0 Å². The molecule has 9 aromatic rings. The number of hydrogen-bond acceptors (Lipinski definition) is 4. The van der Waals surface area contributed by atoms with Gasteiger partial charge in [-0.3, -0.25) is 0 Å². The van der Waals surface area contributed by atoms with Gasteiger partial charge >= 0.3 is 0 Å². The van der Waals surface area contributed by atoms with Gasteiger partial charge in [0.15, 0.2) is 17.5 Å². The fourth-order valence-electron chi connectivity index (χ4n) is 8.39. The van der Waals surface area contributed by atoms with E-state index in [4.69, 9.17) is 15.0 Å². The first-order valence-electron chi connectivity index (χ1n) is 19.1. The fraction of sp³-hybridized carbons (Fsp3) is 0.0189. The molecule has 0 amide bonds. The van der Waals surface area contributed by atoms with Crippen LogP contribution in [0.4, 0.5) is 0 Å². The van der Waals surface area contributed by atoms with Crippen molar-refractivity contribution < 1.29 is 0 Å². The molecular formula is C53H34N4. The van der Waals surface area contributed by atoms with Gasteiger partial charge in [0, 0.05) is 16.7 Å². The van der Waals surface area contributed by atoms with E-state index >= 15 is 0 Å². The second kappa shape index (κ2) is 14.2. The lowest BCUT2D eigenvalue weighted by molar-refractivity contribution is 0.769. The SMILES string of the molecule is N#Cc1cccc(-c2ccc(-c3nc(-c4ccccc4)nc(-c4cccc(-c5ccc6c(c5)C(c5ccccc5)(c5ccccc5)c5ccccc5-6)c4)n3)cc2)c1. The van der Waals surface area contributed by atoms with Crippen molar-refractivity contribution in [3.63, 3.8) is 0 Å². The van der Waals surface area contributed by atoms with Crippen LogP contribution in [0.15, 0.2) is 206 Å². The molecule has 0 aliphatic heterocycles. The van der Waals surface area contributed by atoms with Crippen LogP contribution in [-0.2, 0) is 5.41 Å². The number of hydrogen-bond donors (Lipinski definition) is 0. The molecule has 0 unspecified atom stereocenters. The van der Waals surface area contributed by atoms with E-state index in [1.807, 2.05) is 66.7 Å². The van der Waals surface area contributed by atoms with E-state index < -0.39 is 5.41 Å². The number of nitrogens with zero attached hydrogens (tertiary/aromatic N) is 4. The second-order valence-corrected chi connectivity index (χ2v) is 14.3. The molecule has 0 spiro atoms. The van der Waals surface area contributed by atoms with Crippen LogP contribution in [0.2, 0.25) is 0 Å². The van der Waals surface area contributed by atoms with Gasteiger partial charge in [-0.2, -0.15) is 5.26 Å². The average molecular weight is 727 g/mol. The van der Waals surface area contributed by atoms with E-state index in [9.17, 15) is 5.26 Å². The monoisotopic (exact) mass is 726 g/mol. The van der Waals surface area contributed by atoms with E-state index in [2.05, 4.69) is 146 Å². The van der Waals surface area contributed by atoms with E-state index in [-0.39, 0.29) is 0 Å². The standard InChI is InChI=1S/C53H34N4/c54-35-36-14-12-17-40(32-36)37-26-28-39(29-27-37)51-55-50(38-15-4-1-5-16-38)56-52(57-51)43-19-13-18-41(33-43)42-30-31-47-46-24-10-11-25-48(46)53(49(47)34-42,44-20-6-2-7-21-44)45-22-8-3-9-23-45/h1-34H. The molecule has 1 heterocycles. The molecule has 0 fully saturated rings. The Bertz CT molecular complexity index is 2910. The van der Waals surface area contributed by atoms with Crippen LogP contribution in [0.3, 0.4) is 0 Å². The molecule has 57 heavy (non-hydrogen) atoms. The number of aromatic nitrogens is 3. The Morgan fingerprint density at radius 1 is 0.333 bits per heavy atom. The Morgan fingerprint density at radius 2 is 0.789 bits per heavy atom. The van der Waals surface area contributed by atoms with Crippen LogP contribution in [-0.4, -0.2) is 15.0 Å². The number of rotatable bonds is 7. The maximum Gasteiger partial charge on any atom is 0.164 e. The summed E-state index contributed by atoms with van der Waals surface area (Å²) in [5, 5.41) is 9.43. The van der Waals surface area contributed by atoms with Crippen molar-refractivity contribution in [2.75, 3.05) is 0 Å². The van der Waals surface area contributed by atoms with E-state index in [0.717, 1.165) is 38.9 Å². The van der Waals surface area contributed by atoms with Crippen molar-refractivity contribution in [1.29, 1.82) is 5.26 Å². The minimum absolute atomic E-state index is 0.482. The van der Waals surface area contributed by atoms with Crippen molar-refractivity contribution in [3.8, 4) is 73.6 Å². The summed E-state index contributed by atoms with van der Waals surface area (Å²) in [7, 11) is 0. The molecular weight excluding hydrogens is 693 g/mol. The summed E-state index contributed by atoms with van der Waals surface area (Å²) in [5.41, 5.74) is 14.6. The van der Waals surface area contributed by atoms with Gasteiger partial charge in [-0.05, 0) is 79.9 Å². The van der Waals surface area contributed by atoms with Crippen LogP contribution < -0.4 is 0 Å². The predicted molar refractivity (Wildman–Crippen MR) is 229 cm³/mol. The van der Waals surface area contributed by atoms with E-state index in [1.54, 1.807) is 0 Å². The zero-order chi connectivity index (χ0) is 38.2. The molecule has 1 aliphatic rings. The molecule has 1 aromatic heterocycles. The van der Waals surface area contributed by atoms with Gasteiger partial charge in [-0.25, -0.2) is 15.0 Å². The summed E-state index contributed by atoms with van der Waals surface area (Å²) in [6, 6.07) is 74.2. The smallest absolute Gasteiger partial charge is 0.164 e. The molecule has 0 bridgehead atoms. The van der Waals surface area contributed by atoms with Gasteiger partial charge in [0.2, 0.25) is 0 Å². The molecule has 0 atom stereocenters. The van der Waals surface area contributed by atoms with Gasteiger partial charge in [-0.15, -0.1) is 0 Å². The third-order valence-electron chi connectivity index (χ3n) is 11.0. The lowest BCUT2D eigenvalue weighted by Gasteiger charge is -2.34. The van der Waals surface area contributed by atoms with Gasteiger partial charge in [-0.1, -0.05) is 182 Å². The highest BCUT2D eigenvalue weighted by Gasteiger charge is 2.46. The minimum Gasteiger partial charge on any atom is -0.208 e. The molecule has 266 valence electrons. The highest BCUT2D eigenvalue weighted by Crippen LogP contribution is 2.56. The molecule has 4 heteroatoms. The molecule has 0 N–H and O–H groups in total. The van der Waals surface area contributed by atoms with Crippen LogP contribution in [0, 0.1) is 11.3 Å². The second-order valence-electron chi connectivity index (χ2n) is 14.3. The highest BCUT2D eigenvalue weighted by atomic mass is 15.0. The van der Waals surface area contributed by atoms with Crippen molar-refractivity contribution in [1.82, 2.24) is 15.0 Å². The van der Waals surface area contributed by atoms with Crippen molar-refractivity contribution in [2.24, 2.45) is 0 Å². The zero-order valence-electron chi connectivity index (χ0n) is 30.9. The molecule has 8 aromatic carbocycles. The van der Waals surface area contributed by atoms with Crippen molar-refractivity contribution in [2.45, 2.75) is 5.41 Å². The maximum absolute atomic E-state index is 9.43. The lowest BCUT2D eigenvalue weighted by atomic mass is 9.67. The fourth-order valence-corrected chi connectivity index (χ4v) is 8.39. The summed E-state index contributed by atoms with van der Waals surface area (Å²) in [6.07, 6.45) is 0. The summed E-state index contributed by atoms with van der Waals surface area (Å²) < 4.78 is 0. The Kier molecular flexibility index (Phi) is 8.39. The van der Waals surface area contributed by atoms with Gasteiger partial charge in [0.25, 0.3) is 0 Å². The first kappa shape index (κ1) is 33.8. The quantitative estimate of drug-likeness (QED) is 0.164.